The van der Waals surface area contributed by atoms with Gasteiger partial charge in [0.25, 0.3) is 5.91 Å². The highest BCUT2D eigenvalue weighted by molar-refractivity contribution is 7.91. The average Bonchev–Trinajstić information content (AvgIpc) is 2.75. The van der Waals surface area contributed by atoms with Crippen LogP contribution in [0.5, 0.6) is 5.75 Å². The van der Waals surface area contributed by atoms with Crippen LogP contribution in [0.25, 0.3) is 0 Å². The number of hydrogen-bond acceptors (Lipinski definition) is 4. The fourth-order valence-corrected chi connectivity index (χ4v) is 5.05. The van der Waals surface area contributed by atoms with E-state index in [9.17, 15) is 13.2 Å². The third-order valence-electron chi connectivity index (χ3n) is 5.00. The smallest absolute Gasteiger partial charge is 0.254 e. The largest absolute Gasteiger partial charge is 0.491 e. The van der Waals surface area contributed by atoms with Crippen LogP contribution in [-0.4, -0.2) is 48.9 Å². The Kier molecular flexibility index (Phi) is 4.60. The van der Waals surface area contributed by atoms with Crippen LogP contribution in [0.2, 0.25) is 0 Å². The average molecular weight is 351 g/mol. The van der Waals surface area contributed by atoms with E-state index in [1.54, 1.807) is 12.1 Å². The van der Waals surface area contributed by atoms with Crippen LogP contribution in [0.1, 0.15) is 49.9 Å². The fraction of sp³-hybridized carbons (Fsp3) is 0.611. The lowest BCUT2D eigenvalue weighted by Crippen LogP contribution is -2.49. The number of nitrogens with zero attached hydrogens (tertiary/aromatic N) is 1. The fourth-order valence-electron chi connectivity index (χ4n) is 3.91. The van der Waals surface area contributed by atoms with E-state index in [1.807, 2.05) is 30.9 Å². The molecule has 0 aromatic heterocycles. The minimum Gasteiger partial charge on any atom is -0.491 e. The molecule has 24 heavy (non-hydrogen) atoms. The molecule has 2 bridgehead atoms. The molecular formula is C18H25NO4S. The van der Waals surface area contributed by atoms with Crippen molar-refractivity contribution in [2.75, 3.05) is 6.26 Å². The van der Waals surface area contributed by atoms with Crippen LogP contribution < -0.4 is 4.74 Å². The van der Waals surface area contributed by atoms with Crippen molar-refractivity contribution in [2.45, 2.75) is 63.0 Å². The van der Waals surface area contributed by atoms with Gasteiger partial charge in [0.2, 0.25) is 0 Å². The second kappa shape index (κ2) is 6.39. The van der Waals surface area contributed by atoms with Gasteiger partial charge in [-0.25, -0.2) is 8.42 Å². The Morgan fingerprint density at radius 3 is 2.12 bits per heavy atom. The minimum atomic E-state index is -3.04. The van der Waals surface area contributed by atoms with E-state index in [1.165, 1.54) is 6.26 Å². The van der Waals surface area contributed by atoms with Gasteiger partial charge < -0.3 is 9.64 Å². The lowest BCUT2D eigenvalue weighted by Gasteiger charge is -2.38. The van der Waals surface area contributed by atoms with E-state index >= 15 is 0 Å². The molecule has 132 valence electrons. The molecule has 2 saturated heterocycles. The predicted octanol–water partition coefficient (Wildman–Crippen LogP) is 2.65. The summed E-state index contributed by atoms with van der Waals surface area (Å²) in [5, 5.41) is -0.305. The Labute approximate surface area is 143 Å². The second-order valence-electron chi connectivity index (χ2n) is 7.21. The monoisotopic (exact) mass is 351 g/mol. The number of carbonyl (C=O) groups excluding carboxylic acids is 1. The maximum atomic E-state index is 12.9. The summed E-state index contributed by atoms with van der Waals surface area (Å²) in [5.74, 6) is 0.755. The Balaban J connectivity index is 1.74. The Morgan fingerprint density at radius 1 is 1.12 bits per heavy atom. The van der Waals surface area contributed by atoms with Crippen molar-refractivity contribution in [3.8, 4) is 5.75 Å². The second-order valence-corrected chi connectivity index (χ2v) is 9.54. The van der Waals surface area contributed by atoms with Gasteiger partial charge in [0.1, 0.15) is 15.6 Å². The molecule has 2 atom stereocenters. The maximum absolute atomic E-state index is 12.9. The standard InChI is InChI=1S/C18H25NO4S/c1-12(2)23-16-8-4-13(5-9-16)18(20)19-14-6-7-15(19)11-17(10-14)24(3,21)22/h4-5,8-9,12,14-15,17H,6-7,10-11H2,1-3H3. The molecule has 3 rings (SSSR count). The Hall–Kier alpha value is -1.56. The summed E-state index contributed by atoms with van der Waals surface area (Å²) in [4.78, 5) is 14.8. The van der Waals surface area contributed by atoms with E-state index in [0.29, 0.717) is 18.4 Å². The van der Waals surface area contributed by atoms with E-state index in [-0.39, 0.29) is 29.3 Å². The van der Waals surface area contributed by atoms with Gasteiger partial charge >= 0.3 is 0 Å². The van der Waals surface area contributed by atoms with Gasteiger partial charge in [-0.15, -0.1) is 0 Å². The first-order valence-electron chi connectivity index (χ1n) is 8.54. The first-order chi connectivity index (χ1) is 11.3. The van der Waals surface area contributed by atoms with E-state index in [4.69, 9.17) is 4.74 Å². The SMILES string of the molecule is CC(C)Oc1ccc(C(=O)N2C3CCC2CC(S(C)(=O)=O)C3)cc1. The zero-order valence-corrected chi connectivity index (χ0v) is 15.3. The number of amides is 1. The molecule has 0 radical (unpaired) electrons. The van der Waals surface area contributed by atoms with Gasteiger partial charge in [-0.3, -0.25) is 4.79 Å². The van der Waals surface area contributed by atoms with Crippen LogP contribution >= 0.6 is 0 Å². The number of carbonyl (C=O) groups is 1. The zero-order chi connectivity index (χ0) is 17.5. The van der Waals surface area contributed by atoms with Crippen molar-refractivity contribution in [3.63, 3.8) is 0 Å². The molecule has 2 fully saturated rings. The predicted molar refractivity (Wildman–Crippen MR) is 93.1 cm³/mol. The van der Waals surface area contributed by atoms with Crippen molar-refractivity contribution in [3.05, 3.63) is 29.8 Å². The molecule has 1 aromatic carbocycles. The molecule has 5 nitrogen and oxygen atoms in total. The van der Waals surface area contributed by atoms with Gasteiger partial charge in [0.05, 0.1) is 11.4 Å². The Bertz CT molecular complexity index is 697. The molecule has 2 unspecified atom stereocenters. The van der Waals surface area contributed by atoms with E-state index < -0.39 is 9.84 Å². The third-order valence-corrected chi connectivity index (χ3v) is 6.60. The van der Waals surface area contributed by atoms with E-state index in [0.717, 1.165) is 18.6 Å². The lowest BCUT2D eigenvalue weighted by molar-refractivity contribution is 0.0598. The molecule has 2 aliphatic rings. The highest BCUT2D eigenvalue weighted by atomic mass is 32.2. The zero-order valence-electron chi connectivity index (χ0n) is 14.4. The summed E-state index contributed by atoms with van der Waals surface area (Å²) in [6.45, 7) is 3.92. The molecular weight excluding hydrogens is 326 g/mol. The Morgan fingerprint density at radius 2 is 1.67 bits per heavy atom. The number of fused-ring (bicyclic) bond motifs is 2. The van der Waals surface area contributed by atoms with Crippen LogP contribution in [-0.2, 0) is 9.84 Å². The summed E-state index contributed by atoms with van der Waals surface area (Å²) in [5.41, 5.74) is 0.640. The number of ether oxygens (including phenoxy) is 1. The van der Waals surface area contributed by atoms with Gasteiger partial charge in [0.15, 0.2) is 0 Å². The molecule has 0 N–H and O–H groups in total. The van der Waals surface area contributed by atoms with Crippen LogP contribution in [0.15, 0.2) is 24.3 Å². The quantitative estimate of drug-likeness (QED) is 0.836. The van der Waals surface area contributed by atoms with Crippen molar-refractivity contribution < 1.29 is 17.9 Å². The number of sulfone groups is 1. The molecule has 1 aromatic rings. The van der Waals surface area contributed by atoms with Crippen LogP contribution in [0, 0.1) is 0 Å². The first-order valence-corrected chi connectivity index (χ1v) is 10.5. The van der Waals surface area contributed by atoms with Gasteiger partial charge in [0, 0.05) is 23.9 Å². The molecule has 0 aliphatic carbocycles. The first kappa shape index (κ1) is 17.3. The van der Waals surface area contributed by atoms with Gasteiger partial charge in [-0.2, -0.15) is 0 Å². The topological polar surface area (TPSA) is 63.7 Å². The molecule has 2 aliphatic heterocycles. The molecule has 0 spiro atoms. The number of hydrogen-bond donors (Lipinski definition) is 0. The maximum Gasteiger partial charge on any atom is 0.254 e. The van der Waals surface area contributed by atoms with Gasteiger partial charge in [-0.05, 0) is 63.8 Å². The molecule has 6 heteroatoms. The number of benzene rings is 1. The van der Waals surface area contributed by atoms with Crippen molar-refractivity contribution >= 4 is 15.7 Å². The normalized spacial score (nSPS) is 26.7. The van der Waals surface area contributed by atoms with Crippen molar-refractivity contribution in [1.82, 2.24) is 4.90 Å². The molecule has 2 heterocycles. The summed E-state index contributed by atoms with van der Waals surface area (Å²) in [6, 6.07) is 7.31. The molecule has 0 saturated carbocycles. The summed E-state index contributed by atoms with van der Waals surface area (Å²) in [7, 11) is -3.04. The minimum absolute atomic E-state index is 0.00514. The third kappa shape index (κ3) is 3.43. The van der Waals surface area contributed by atoms with Crippen LogP contribution in [0.4, 0.5) is 0 Å². The lowest BCUT2D eigenvalue weighted by atomic mass is 10.0. The number of piperidine rings is 1. The number of rotatable bonds is 4. The highest BCUT2D eigenvalue weighted by Gasteiger charge is 2.45. The highest BCUT2D eigenvalue weighted by Crippen LogP contribution is 2.39. The summed E-state index contributed by atoms with van der Waals surface area (Å²) < 4.78 is 29.3. The summed E-state index contributed by atoms with van der Waals surface area (Å²) >= 11 is 0. The van der Waals surface area contributed by atoms with Gasteiger partial charge in [-0.1, -0.05) is 0 Å². The van der Waals surface area contributed by atoms with E-state index in [2.05, 4.69) is 0 Å². The van der Waals surface area contributed by atoms with Crippen LogP contribution in [0.3, 0.4) is 0 Å². The summed E-state index contributed by atoms with van der Waals surface area (Å²) in [6.07, 6.45) is 4.33. The van der Waals surface area contributed by atoms with Crippen molar-refractivity contribution in [1.29, 1.82) is 0 Å². The van der Waals surface area contributed by atoms with Crippen molar-refractivity contribution in [2.24, 2.45) is 0 Å². The molecule has 1 amide bonds.